The van der Waals surface area contributed by atoms with E-state index < -0.39 is 25.9 Å². The maximum absolute atomic E-state index is 14.9. The van der Waals surface area contributed by atoms with E-state index in [2.05, 4.69) is 9.98 Å². The number of carbonyl (C=O) groups is 1. The van der Waals surface area contributed by atoms with Crippen LogP contribution in [0.15, 0.2) is 41.5 Å². The lowest BCUT2D eigenvalue weighted by Crippen LogP contribution is -2.57. The Kier molecular flexibility index (Phi) is 5.66. The van der Waals surface area contributed by atoms with E-state index in [0.717, 1.165) is 12.8 Å². The Bertz CT molecular complexity index is 1210. The third-order valence-corrected chi connectivity index (χ3v) is 9.34. The van der Waals surface area contributed by atoms with Crippen molar-refractivity contribution in [3.05, 3.63) is 64.2 Å². The van der Waals surface area contributed by atoms with Crippen LogP contribution in [-0.4, -0.2) is 35.5 Å². The number of hydrogen-bond donors (Lipinski definition) is 1. The summed E-state index contributed by atoms with van der Waals surface area (Å²) in [5.41, 5.74) is 5.70. The standard InChI is InChI=1S/C23H25ClFN3O3S/c1-22(13-32(30,31)23(2,21(26)28-22)11-14-3-4-14)17-9-15(5-7-18(17)25)10-20(29)19-8-6-16(24)12-27-19/h5-9,12,14H,3-4,10-11,13H2,1-2H3,(H2,26,28)/t22-,23-/m0/s1. The van der Waals surface area contributed by atoms with Gasteiger partial charge in [0.2, 0.25) is 0 Å². The van der Waals surface area contributed by atoms with Gasteiger partial charge in [0, 0.05) is 18.2 Å². The molecule has 0 saturated heterocycles. The largest absolute Gasteiger partial charge is 0.386 e. The number of sulfone groups is 1. The van der Waals surface area contributed by atoms with E-state index in [0.29, 0.717) is 22.9 Å². The molecule has 2 aromatic rings. The molecule has 1 aromatic heterocycles. The van der Waals surface area contributed by atoms with Crippen molar-refractivity contribution in [1.82, 2.24) is 4.98 Å². The van der Waals surface area contributed by atoms with Crippen LogP contribution in [0.3, 0.4) is 0 Å². The third-order valence-electron chi connectivity index (χ3n) is 6.43. The van der Waals surface area contributed by atoms with Crippen LogP contribution in [0.2, 0.25) is 5.02 Å². The second kappa shape index (κ2) is 7.92. The molecule has 2 heterocycles. The van der Waals surface area contributed by atoms with Crippen molar-refractivity contribution in [2.45, 2.75) is 49.8 Å². The Morgan fingerprint density at radius 1 is 1.25 bits per heavy atom. The monoisotopic (exact) mass is 477 g/mol. The zero-order valence-electron chi connectivity index (χ0n) is 17.9. The van der Waals surface area contributed by atoms with Crippen molar-refractivity contribution < 1.29 is 17.6 Å². The van der Waals surface area contributed by atoms with Gasteiger partial charge < -0.3 is 5.73 Å². The van der Waals surface area contributed by atoms with Gasteiger partial charge in [-0.15, -0.1) is 0 Å². The second-order valence-electron chi connectivity index (χ2n) is 9.18. The lowest BCUT2D eigenvalue weighted by atomic mass is 9.90. The maximum atomic E-state index is 14.9. The van der Waals surface area contributed by atoms with E-state index >= 15 is 0 Å². The molecule has 1 aromatic carbocycles. The molecule has 0 spiro atoms. The van der Waals surface area contributed by atoms with Gasteiger partial charge in [-0.05, 0) is 56.0 Å². The van der Waals surface area contributed by atoms with Gasteiger partial charge in [-0.3, -0.25) is 14.8 Å². The van der Waals surface area contributed by atoms with Crippen LogP contribution in [0.25, 0.3) is 0 Å². The fourth-order valence-electron chi connectivity index (χ4n) is 4.26. The number of nitrogens with zero attached hydrogens (tertiary/aromatic N) is 2. The van der Waals surface area contributed by atoms with Gasteiger partial charge >= 0.3 is 0 Å². The number of aromatic nitrogens is 1. The number of ketones is 1. The third kappa shape index (κ3) is 4.18. The minimum absolute atomic E-state index is 0.0180. The van der Waals surface area contributed by atoms with Gasteiger partial charge in [0.15, 0.2) is 15.6 Å². The molecular formula is C23H25ClFN3O3S. The molecule has 1 aliphatic carbocycles. The molecular weight excluding hydrogens is 453 g/mol. The Morgan fingerprint density at radius 3 is 2.56 bits per heavy atom. The predicted octanol–water partition coefficient (Wildman–Crippen LogP) is 3.86. The number of amidine groups is 1. The van der Waals surface area contributed by atoms with E-state index in [1.54, 1.807) is 19.9 Å². The minimum Gasteiger partial charge on any atom is -0.386 e. The van der Waals surface area contributed by atoms with Gasteiger partial charge in [-0.2, -0.15) is 0 Å². The topological polar surface area (TPSA) is 102 Å². The van der Waals surface area contributed by atoms with Crippen molar-refractivity contribution in [3.63, 3.8) is 0 Å². The molecule has 1 fully saturated rings. The molecule has 32 heavy (non-hydrogen) atoms. The smallest absolute Gasteiger partial charge is 0.185 e. The Balaban J connectivity index is 1.67. The molecule has 2 atom stereocenters. The van der Waals surface area contributed by atoms with Gasteiger partial charge in [0.1, 0.15) is 27.6 Å². The van der Waals surface area contributed by atoms with E-state index in [9.17, 15) is 17.6 Å². The van der Waals surface area contributed by atoms with E-state index in [1.165, 1.54) is 30.5 Å². The average molecular weight is 478 g/mol. The first-order valence-corrected chi connectivity index (χ1v) is 12.5. The molecule has 1 saturated carbocycles. The lowest BCUT2D eigenvalue weighted by molar-refractivity contribution is 0.0988. The van der Waals surface area contributed by atoms with Crippen LogP contribution in [0.4, 0.5) is 4.39 Å². The highest BCUT2D eigenvalue weighted by molar-refractivity contribution is 7.93. The normalized spacial score (nSPS) is 27.1. The van der Waals surface area contributed by atoms with Crippen LogP contribution in [0, 0.1) is 11.7 Å². The van der Waals surface area contributed by atoms with Gasteiger partial charge in [-0.1, -0.05) is 30.5 Å². The summed E-state index contributed by atoms with van der Waals surface area (Å²) < 4.78 is 40.2. The lowest BCUT2D eigenvalue weighted by Gasteiger charge is -2.40. The number of halogens is 2. The number of benzene rings is 1. The van der Waals surface area contributed by atoms with Crippen LogP contribution < -0.4 is 5.73 Å². The molecule has 0 unspecified atom stereocenters. The Labute approximate surface area is 192 Å². The highest BCUT2D eigenvalue weighted by Gasteiger charge is 2.53. The van der Waals surface area contributed by atoms with Gasteiger partial charge in [-0.25, -0.2) is 12.8 Å². The van der Waals surface area contributed by atoms with Crippen LogP contribution in [-0.2, 0) is 21.8 Å². The zero-order chi connectivity index (χ0) is 23.3. The first-order chi connectivity index (χ1) is 14.9. The zero-order valence-corrected chi connectivity index (χ0v) is 19.5. The quantitative estimate of drug-likeness (QED) is 0.636. The summed E-state index contributed by atoms with van der Waals surface area (Å²) in [6.07, 6.45) is 3.77. The molecule has 0 amide bonds. The maximum Gasteiger partial charge on any atom is 0.185 e. The molecule has 2 aliphatic rings. The molecule has 9 heteroatoms. The average Bonchev–Trinajstić information content (AvgIpc) is 3.52. The van der Waals surface area contributed by atoms with Crippen molar-refractivity contribution >= 4 is 33.1 Å². The number of nitrogens with two attached hydrogens (primary N) is 1. The summed E-state index contributed by atoms with van der Waals surface area (Å²) in [6, 6.07) is 7.32. The number of pyridine rings is 1. The summed E-state index contributed by atoms with van der Waals surface area (Å²) in [4.78, 5) is 21.1. The fraction of sp³-hybridized carbons (Fsp3) is 0.435. The summed E-state index contributed by atoms with van der Waals surface area (Å²) in [7, 11) is -3.69. The van der Waals surface area contributed by atoms with Crippen LogP contribution >= 0.6 is 11.6 Å². The first kappa shape index (κ1) is 22.9. The summed E-state index contributed by atoms with van der Waals surface area (Å²) in [5, 5.41) is 0.418. The SMILES string of the molecule is C[C@]1(CC2CC2)C(N)=N[C@](C)(c2cc(CC(=O)c3ccc(Cl)cn3)ccc2F)CS1(=O)=O. The molecule has 170 valence electrons. The van der Waals surface area contributed by atoms with E-state index in [-0.39, 0.29) is 35.0 Å². The highest BCUT2D eigenvalue weighted by Crippen LogP contribution is 2.45. The first-order valence-electron chi connectivity index (χ1n) is 10.5. The van der Waals surface area contributed by atoms with E-state index in [4.69, 9.17) is 17.3 Å². The highest BCUT2D eigenvalue weighted by atomic mass is 35.5. The van der Waals surface area contributed by atoms with Crippen molar-refractivity contribution in [3.8, 4) is 0 Å². The fourth-order valence-corrected chi connectivity index (χ4v) is 6.50. The summed E-state index contributed by atoms with van der Waals surface area (Å²) in [6.45, 7) is 3.18. The Hall–Kier alpha value is -2.32. The number of rotatable bonds is 6. The summed E-state index contributed by atoms with van der Waals surface area (Å²) >= 11 is 5.81. The molecule has 1 aliphatic heterocycles. The molecule has 2 N–H and O–H groups in total. The van der Waals surface area contributed by atoms with Crippen molar-refractivity contribution in [2.24, 2.45) is 16.6 Å². The molecule has 0 bridgehead atoms. The number of Topliss-reactive ketones (excluding diaryl/α,β-unsaturated/α-hetero) is 1. The van der Waals surface area contributed by atoms with Crippen LogP contribution in [0.1, 0.15) is 54.7 Å². The molecule has 4 rings (SSSR count). The van der Waals surface area contributed by atoms with Crippen molar-refractivity contribution in [1.29, 1.82) is 0 Å². The van der Waals surface area contributed by atoms with E-state index in [1.807, 2.05) is 0 Å². The van der Waals surface area contributed by atoms with Crippen molar-refractivity contribution in [2.75, 3.05) is 5.75 Å². The molecule has 6 nitrogen and oxygen atoms in total. The molecule has 0 radical (unpaired) electrons. The second-order valence-corrected chi connectivity index (χ2v) is 12.0. The minimum atomic E-state index is -3.69. The predicted molar refractivity (Wildman–Crippen MR) is 122 cm³/mol. The Morgan fingerprint density at radius 2 is 1.97 bits per heavy atom. The van der Waals surface area contributed by atoms with Gasteiger partial charge in [0.25, 0.3) is 0 Å². The summed E-state index contributed by atoms with van der Waals surface area (Å²) in [5.74, 6) is -0.854. The number of carbonyl (C=O) groups excluding carboxylic acids is 1. The van der Waals surface area contributed by atoms with Crippen LogP contribution in [0.5, 0.6) is 0 Å². The van der Waals surface area contributed by atoms with Gasteiger partial charge in [0.05, 0.1) is 10.8 Å². The number of hydrogen-bond acceptors (Lipinski definition) is 6. The number of aliphatic imine (C=N–C) groups is 1.